The fraction of sp³-hybridized carbons (Fsp3) is 0.400. The molecule has 4 amide bonds. The molecule has 222 valence electrons. The van der Waals surface area contributed by atoms with E-state index in [1.54, 1.807) is 30.5 Å². The molecule has 0 aliphatic rings. The smallest absolute Gasteiger partial charge is 0.326 e. The van der Waals surface area contributed by atoms with Gasteiger partial charge in [-0.05, 0) is 24.5 Å². The molecule has 16 nitrogen and oxygen atoms in total. The Morgan fingerprint density at radius 2 is 1.39 bits per heavy atom. The van der Waals surface area contributed by atoms with Crippen molar-refractivity contribution in [1.29, 1.82) is 0 Å². The Hall–Kier alpha value is -4.99. The SMILES string of the molecule is NC(=O)CCC(N)C(=O)NC(CCC(=O)O)C(=O)NC(Cc1c[nH]c2ccccc12)C(=O)NC(CC(=O)O)C(=O)O. The first kappa shape index (κ1) is 32.2. The van der Waals surface area contributed by atoms with Crippen molar-refractivity contribution in [2.45, 2.75) is 62.7 Å². The van der Waals surface area contributed by atoms with Crippen molar-refractivity contribution in [3.8, 4) is 0 Å². The van der Waals surface area contributed by atoms with E-state index < -0.39 is 85.0 Å². The molecule has 1 aromatic heterocycles. The Kier molecular flexibility index (Phi) is 11.8. The highest BCUT2D eigenvalue weighted by Gasteiger charge is 2.32. The molecule has 1 heterocycles. The highest BCUT2D eigenvalue weighted by Crippen LogP contribution is 2.19. The molecule has 0 fully saturated rings. The van der Waals surface area contributed by atoms with E-state index in [9.17, 15) is 38.7 Å². The van der Waals surface area contributed by atoms with Crippen LogP contribution in [0.15, 0.2) is 30.5 Å². The third kappa shape index (κ3) is 10.2. The van der Waals surface area contributed by atoms with Crippen LogP contribution in [0.4, 0.5) is 0 Å². The number of H-pyrrole nitrogens is 1. The predicted molar refractivity (Wildman–Crippen MR) is 141 cm³/mol. The molecule has 0 bridgehead atoms. The van der Waals surface area contributed by atoms with Gasteiger partial charge in [-0.25, -0.2) is 4.79 Å². The number of fused-ring (bicyclic) bond motifs is 1. The van der Waals surface area contributed by atoms with Gasteiger partial charge in [0.05, 0.1) is 12.5 Å². The fourth-order valence-electron chi connectivity index (χ4n) is 3.89. The summed E-state index contributed by atoms with van der Waals surface area (Å²) < 4.78 is 0. The van der Waals surface area contributed by atoms with Gasteiger partial charge in [0, 0.05) is 36.4 Å². The average Bonchev–Trinajstić information content (AvgIpc) is 3.30. The number of carboxylic acid groups (broad SMARTS) is 3. The van der Waals surface area contributed by atoms with E-state index in [0.717, 1.165) is 0 Å². The van der Waals surface area contributed by atoms with Crippen LogP contribution in [0.25, 0.3) is 10.9 Å². The molecular weight excluding hydrogens is 544 g/mol. The number of aliphatic carboxylic acids is 3. The number of hydrogen-bond acceptors (Lipinski definition) is 8. The highest BCUT2D eigenvalue weighted by atomic mass is 16.4. The van der Waals surface area contributed by atoms with Crippen LogP contribution in [0.5, 0.6) is 0 Å². The summed E-state index contributed by atoms with van der Waals surface area (Å²) in [5, 5.41) is 35.0. The third-order valence-electron chi connectivity index (χ3n) is 6.04. The summed E-state index contributed by atoms with van der Waals surface area (Å²) >= 11 is 0. The molecule has 16 heteroatoms. The molecule has 11 N–H and O–H groups in total. The fourth-order valence-corrected chi connectivity index (χ4v) is 3.89. The van der Waals surface area contributed by atoms with E-state index in [1.807, 2.05) is 0 Å². The van der Waals surface area contributed by atoms with Gasteiger partial charge >= 0.3 is 17.9 Å². The standard InChI is InChI=1S/C25H32N6O10/c26-14(5-7-19(27)32)22(37)29-16(6-8-20(33)34)23(38)30-17(24(39)31-18(25(40)41)10-21(35)36)9-12-11-28-15-4-2-1-3-13(12)15/h1-4,11,14,16-18,28H,5-10,26H2,(H2,27,32)(H,29,37)(H,30,38)(H,31,39)(H,33,34)(H,35,36)(H,40,41). The van der Waals surface area contributed by atoms with Crippen LogP contribution in [0.3, 0.4) is 0 Å². The third-order valence-corrected chi connectivity index (χ3v) is 6.04. The Morgan fingerprint density at radius 1 is 0.780 bits per heavy atom. The number of rotatable bonds is 17. The lowest BCUT2D eigenvalue weighted by Gasteiger charge is -2.25. The number of carbonyl (C=O) groups excluding carboxylic acids is 4. The zero-order valence-electron chi connectivity index (χ0n) is 21.8. The second kappa shape index (κ2) is 15.0. The zero-order chi connectivity index (χ0) is 30.7. The maximum Gasteiger partial charge on any atom is 0.326 e. The second-order valence-electron chi connectivity index (χ2n) is 9.23. The van der Waals surface area contributed by atoms with Crippen molar-refractivity contribution in [1.82, 2.24) is 20.9 Å². The Labute approximate surface area is 232 Å². The Morgan fingerprint density at radius 3 is 2.00 bits per heavy atom. The maximum atomic E-state index is 13.3. The van der Waals surface area contributed by atoms with Gasteiger partial charge < -0.3 is 47.7 Å². The van der Waals surface area contributed by atoms with Crippen LogP contribution in [-0.2, 0) is 40.0 Å². The minimum absolute atomic E-state index is 0.139. The molecular formula is C25H32N6O10. The summed E-state index contributed by atoms with van der Waals surface area (Å²) in [7, 11) is 0. The van der Waals surface area contributed by atoms with Crippen molar-refractivity contribution in [2.75, 3.05) is 0 Å². The molecule has 0 spiro atoms. The normalized spacial score (nSPS) is 13.8. The summed E-state index contributed by atoms with van der Waals surface area (Å²) in [5.41, 5.74) is 12.1. The molecule has 0 saturated heterocycles. The van der Waals surface area contributed by atoms with Gasteiger partial charge in [-0.3, -0.25) is 28.8 Å². The summed E-state index contributed by atoms with van der Waals surface area (Å²) in [6.45, 7) is 0. The molecule has 4 atom stereocenters. The van der Waals surface area contributed by atoms with Crippen LogP contribution < -0.4 is 27.4 Å². The maximum absolute atomic E-state index is 13.3. The lowest BCUT2D eigenvalue weighted by molar-refractivity contribution is -0.147. The van der Waals surface area contributed by atoms with Crippen LogP contribution >= 0.6 is 0 Å². The Bertz CT molecular complexity index is 1310. The second-order valence-corrected chi connectivity index (χ2v) is 9.23. The average molecular weight is 577 g/mol. The summed E-state index contributed by atoms with van der Waals surface area (Å²) in [5.74, 6) is -7.97. The minimum atomic E-state index is -1.81. The number of carboxylic acids is 3. The largest absolute Gasteiger partial charge is 0.481 e. The first-order valence-electron chi connectivity index (χ1n) is 12.4. The number of hydrogen-bond donors (Lipinski definition) is 9. The number of nitrogens with two attached hydrogens (primary N) is 2. The molecule has 0 aliphatic carbocycles. The van der Waals surface area contributed by atoms with Crippen molar-refractivity contribution in [2.24, 2.45) is 11.5 Å². The molecule has 4 unspecified atom stereocenters. The molecule has 2 aromatic rings. The quantitative estimate of drug-likeness (QED) is 0.101. The number of benzene rings is 1. The van der Waals surface area contributed by atoms with Crippen LogP contribution in [0, 0.1) is 0 Å². The van der Waals surface area contributed by atoms with E-state index in [-0.39, 0.29) is 19.3 Å². The lowest BCUT2D eigenvalue weighted by Crippen LogP contribution is -2.57. The molecule has 0 saturated carbocycles. The first-order chi connectivity index (χ1) is 19.3. The zero-order valence-corrected chi connectivity index (χ0v) is 21.8. The van der Waals surface area contributed by atoms with E-state index >= 15 is 0 Å². The number of nitrogens with one attached hydrogen (secondary N) is 4. The van der Waals surface area contributed by atoms with Crippen molar-refractivity contribution < 1.29 is 48.9 Å². The summed E-state index contributed by atoms with van der Waals surface area (Å²) in [6.07, 6.45) is -0.839. The number of aromatic nitrogens is 1. The van der Waals surface area contributed by atoms with E-state index in [0.29, 0.717) is 16.5 Å². The molecule has 41 heavy (non-hydrogen) atoms. The number of carbonyl (C=O) groups is 7. The summed E-state index contributed by atoms with van der Waals surface area (Å²) in [6, 6.07) is 0.996. The van der Waals surface area contributed by atoms with Crippen LogP contribution in [-0.4, -0.2) is 86.0 Å². The van der Waals surface area contributed by atoms with E-state index in [4.69, 9.17) is 21.7 Å². The summed E-state index contributed by atoms with van der Waals surface area (Å²) in [4.78, 5) is 86.8. The highest BCUT2D eigenvalue weighted by molar-refractivity contribution is 5.95. The predicted octanol–water partition coefficient (Wildman–Crippen LogP) is -1.82. The number of aromatic amines is 1. The van der Waals surface area contributed by atoms with Gasteiger partial charge in [-0.1, -0.05) is 18.2 Å². The van der Waals surface area contributed by atoms with Gasteiger partial charge in [-0.2, -0.15) is 0 Å². The minimum Gasteiger partial charge on any atom is -0.481 e. The van der Waals surface area contributed by atoms with Gasteiger partial charge in [0.1, 0.15) is 18.1 Å². The number of para-hydroxylation sites is 1. The van der Waals surface area contributed by atoms with Gasteiger partial charge in [0.2, 0.25) is 23.6 Å². The molecule has 2 rings (SSSR count). The van der Waals surface area contributed by atoms with Gasteiger partial charge in [0.25, 0.3) is 0 Å². The lowest BCUT2D eigenvalue weighted by atomic mass is 10.0. The number of amides is 4. The van der Waals surface area contributed by atoms with E-state index in [1.165, 1.54) is 0 Å². The van der Waals surface area contributed by atoms with Crippen molar-refractivity contribution in [3.63, 3.8) is 0 Å². The molecule has 1 aromatic carbocycles. The van der Waals surface area contributed by atoms with Gasteiger partial charge in [0.15, 0.2) is 0 Å². The van der Waals surface area contributed by atoms with Gasteiger partial charge in [-0.15, -0.1) is 0 Å². The molecule has 0 radical (unpaired) electrons. The topological polar surface area (TPSA) is 284 Å². The van der Waals surface area contributed by atoms with E-state index in [2.05, 4.69) is 20.9 Å². The van der Waals surface area contributed by atoms with Crippen LogP contribution in [0.2, 0.25) is 0 Å². The number of primary amides is 1. The van der Waals surface area contributed by atoms with Crippen molar-refractivity contribution >= 4 is 52.4 Å². The van der Waals surface area contributed by atoms with Crippen LogP contribution in [0.1, 0.15) is 37.7 Å². The van der Waals surface area contributed by atoms with Crippen molar-refractivity contribution in [3.05, 3.63) is 36.0 Å². The Balaban J connectivity index is 2.32. The molecule has 0 aliphatic heterocycles. The first-order valence-corrected chi connectivity index (χ1v) is 12.4. The monoisotopic (exact) mass is 576 g/mol.